The summed E-state index contributed by atoms with van der Waals surface area (Å²) in [6.07, 6.45) is 6.84. The van der Waals surface area contributed by atoms with E-state index in [9.17, 15) is 19.2 Å². The highest BCUT2D eigenvalue weighted by molar-refractivity contribution is 6.35. The van der Waals surface area contributed by atoms with E-state index in [0.717, 1.165) is 21.5 Å². The number of fused-ring (bicyclic) bond motifs is 6. The Morgan fingerprint density at radius 1 is 0.450 bits per heavy atom. The molecular weight excluding hydrogens is 496 g/mol. The van der Waals surface area contributed by atoms with Crippen LogP contribution in [0.15, 0.2) is 134 Å². The molecule has 5 aromatic rings. The molecule has 40 heavy (non-hydrogen) atoms. The van der Waals surface area contributed by atoms with Gasteiger partial charge in [0.25, 0.3) is 0 Å². The zero-order valence-corrected chi connectivity index (χ0v) is 21.5. The van der Waals surface area contributed by atoms with Crippen molar-refractivity contribution in [3.05, 3.63) is 162 Å². The van der Waals surface area contributed by atoms with Gasteiger partial charge in [0.15, 0.2) is 23.1 Å². The van der Waals surface area contributed by atoms with Crippen molar-refractivity contribution < 1.29 is 19.2 Å². The predicted molar refractivity (Wildman–Crippen MR) is 160 cm³/mol. The van der Waals surface area contributed by atoms with E-state index < -0.39 is 0 Å². The molecule has 0 spiro atoms. The molecule has 0 atom stereocenters. The lowest BCUT2D eigenvalue weighted by molar-refractivity contribution is -0.113. The number of carbonyl (C=O) groups excluding carboxylic acids is 4. The van der Waals surface area contributed by atoms with E-state index in [1.807, 2.05) is 97.1 Å². The van der Waals surface area contributed by atoms with E-state index in [1.165, 1.54) is 29.9 Å². The normalized spacial score (nSPS) is 13.1. The van der Waals surface area contributed by atoms with Gasteiger partial charge in [-0.3, -0.25) is 19.2 Å². The van der Waals surface area contributed by atoms with Crippen LogP contribution in [0.25, 0.3) is 27.6 Å². The molecule has 4 heteroatoms. The van der Waals surface area contributed by atoms with Gasteiger partial charge in [-0.2, -0.15) is 0 Å². The van der Waals surface area contributed by atoms with Crippen molar-refractivity contribution in [2.24, 2.45) is 0 Å². The van der Waals surface area contributed by atoms with Crippen molar-refractivity contribution in [3.63, 3.8) is 0 Å². The molecule has 0 radical (unpaired) electrons. The largest absolute Gasteiger partial charge is 0.290 e. The summed E-state index contributed by atoms with van der Waals surface area (Å²) in [6, 6.07) is 32.8. The van der Waals surface area contributed by atoms with E-state index in [2.05, 4.69) is 6.58 Å². The molecule has 2 aliphatic carbocycles. The molecule has 4 nitrogen and oxygen atoms in total. The number of hydrogen-bond donors (Lipinski definition) is 0. The smallest absolute Gasteiger partial charge is 0.195 e. The Hall–Kier alpha value is -5.48. The third kappa shape index (κ3) is 5.24. The molecule has 0 fully saturated rings. The van der Waals surface area contributed by atoms with E-state index in [-0.39, 0.29) is 23.1 Å². The molecule has 0 N–H and O–H groups in total. The minimum Gasteiger partial charge on any atom is -0.290 e. The van der Waals surface area contributed by atoms with Gasteiger partial charge in [-0.1, -0.05) is 104 Å². The van der Waals surface area contributed by atoms with Gasteiger partial charge in [0.2, 0.25) is 0 Å². The molecule has 192 valence electrons. The molecule has 0 amide bonds. The molecule has 0 heterocycles. The van der Waals surface area contributed by atoms with Crippen LogP contribution in [-0.2, 0) is 9.59 Å². The fourth-order valence-corrected chi connectivity index (χ4v) is 4.71. The number of hydrogen-bond acceptors (Lipinski definition) is 4. The fraction of sp³-hybridized carbons (Fsp3) is 0. The van der Waals surface area contributed by atoms with Crippen molar-refractivity contribution in [1.29, 1.82) is 0 Å². The zero-order valence-electron chi connectivity index (χ0n) is 21.5. The van der Waals surface area contributed by atoms with Crippen molar-refractivity contribution >= 4 is 50.8 Å². The van der Waals surface area contributed by atoms with Gasteiger partial charge in [-0.25, -0.2) is 0 Å². The number of rotatable bonds is 1. The SMILES string of the molecule is C=Cc1ccccc1.O=C1C=CC(=O)C=C1.O=C1c2ccc3ccccc3c2C(=O)c2c1ccc1ccccc21. The van der Waals surface area contributed by atoms with Gasteiger partial charge in [-0.15, -0.1) is 0 Å². The van der Waals surface area contributed by atoms with Crippen molar-refractivity contribution in [2.45, 2.75) is 0 Å². The summed E-state index contributed by atoms with van der Waals surface area (Å²) >= 11 is 0. The number of benzene rings is 5. The number of carbonyl (C=O) groups is 4. The number of ketones is 4. The Bertz CT molecular complexity index is 1740. The van der Waals surface area contributed by atoms with Gasteiger partial charge in [0.1, 0.15) is 0 Å². The first-order chi connectivity index (χ1) is 19.5. The molecular formula is C36H24O4. The van der Waals surface area contributed by atoms with E-state index in [1.54, 1.807) is 12.1 Å². The minimum atomic E-state index is -0.121. The Morgan fingerprint density at radius 2 is 0.875 bits per heavy atom. The van der Waals surface area contributed by atoms with Crippen LogP contribution in [0.5, 0.6) is 0 Å². The standard InChI is InChI=1S/C22H12O2.C8H8.C6H4O2/c23-21-17-11-9-13-5-1-3-7-15(13)19(17)22(24)20-16-8-4-2-6-14(16)10-12-18(20)21;1-2-8-6-4-3-5-7-8;7-5-1-2-6(8)4-3-5/h1-12H;2-7H,1H2;1-4H. The van der Waals surface area contributed by atoms with Crippen molar-refractivity contribution in [3.8, 4) is 0 Å². The third-order valence-electron chi connectivity index (χ3n) is 6.66. The van der Waals surface area contributed by atoms with E-state index >= 15 is 0 Å². The summed E-state index contributed by atoms with van der Waals surface area (Å²) in [5, 5.41) is 3.63. The first-order valence-corrected chi connectivity index (χ1v) is 12.7. The highest BCUT2D eigenvalue weighted by Gasteiger charge is 2.32. The molecule has 0 aliphatic heterocycles. The Balaban J connectivity index is 0.000000165. The topological polar surface area (TPSA) is 68.3 Å². The molecule has 2 aliphatic rings. The van der Waals surface area contributed by atoms with Crippen molar-refractivity contribution in [1.82, 2.24) is 0 Å². The molecule has 0 bridgehead atoms. The van der Waals surface area contributed by atoms with E-state index in [4.69, 9.17) is 0 Å². The maximum atomic E-state index is 13.3. The average Bonchev–Trinajstić information content (AvgIpc) is 3.01. The summed E-state index contributed by atoms with van der Waals surface area (Å²) in [7, 11) is 0. The first kappa shape index (κ1) is 26.1. The van der Waals surface area contributed by atoms with Gasteiger partial charge < -0.3 is 0 Å². The predicted octanol–water partition coefficient (Wildman–Crippen LogP) is 7.35. The summed E-state index contributed by atoms with van der Waals surface area (Å²) in [5.41, 5.74) is 3.24. The van der Waals surface area contributed by atoms with Crippen LogP contribution in [0, 0.1) is 0 Å². The van der Waals surface area contributed by atoms with Gasteiger partial charge >= 0.3 is 0 Å². The third-order valence-corrected chi connectivity index (χ3v) is 6.66. The summed E-state index contributed by atoms with van der Waals surface area (Å²) in [5.74, 6) is -0.376. The molecule has 0 saturated carbocycles. The van der Waals surface area contributed by atoms with Crippen LogP contribution in [0.1, 0.15) is 37.4 Å². The fourth-order valence-electron chi connectivity index (χ4n) is 4.71. The van der Waals surface area contributed by atoms with E-state index in [0.29, 0.717) is 22.3 Å². The quantitative estimate of drug-likeness (QED) is 0.213. The zero-order chi connectivity index (χ0) is 28.1. The molecule has 0 saturated heterocycles. The van der Waals surface area contributed by atoms with Crippen molar-refractivity contribution in [2.75, 3.05) is 0 Å². The molecule has 5 aromatic carbocycles. The second-order valence-corrected chi connectivity index (χ2v) is 9.16. The van der Waals surface area contributed by atoms with Gasteiger partial charge in [0, 0.05) is 22.3 Å². The van der Waals surface area contributed by atoms with Gasteiger partial charge in [-0.05, 0) is 63.5 Å². The number of allylic oxidation sites excluding steroid dienone is 4. The Morgan fingerprint density at radius 3 is 1.30 bits per heavy atom. The summed E-state index contributed by atoms with van der Waals surface area (Å²) < 4.78 is 0. The van der Waals surface area contributed by atoms with Crippen LogP contribution in [0.3, 0.4) is 0 Å². The van der Waals surface area contributed by atoms with Gasteiger partial charge in [0.05, 0.1) is 0 Å². The maximum Gasteiger partial charge on any atom is 0.195 e. The average molecular weight is 521 g/mol. The van der Waals surface area contributed by atoms with Crippen LogP contribution >= 0.6 is 0 Å². The minimum absolute atomic E-state index is 0.0619. The highest BCUT2D eigenvalue weighted by Crippen LogP contribution is 2.35. The summed E-state index contributed by atoms with van der Waals surface area (Å²) in [4.78, 5) is 46.9. The van der Waals surface area contributed by atoms with Crippen LogP contribution in [0.4, 0.5) is 0 Å². The maximum absolute atomic E-state index is 13.3. The second kappa shape index (κ2) is 11.5. The molecule has 0 aromatic heterocycles. The monoisotopic (exact) mass is 520 g/mol. The van der Waals surface area contributed by atoms with Crippen LogP contribution in [-0.4, -0.2) is 23.1 Å². The van der Waals surface area contributed by atoms with Crippen LogP contribution < -0.4 is 0 Å². The molecule has 0 unspecified atom stereocenters. The Labute approximate surface area is 231 Å². The van der Waals surface area contributed by atoms with Crippen LogP contribution in [0.2, 0.25) is 0 Å². The lowest BCUT2D eigenvalue weighted by Gasteiger charge is -2.20. The molecule has 7 rings (SSSR count). The lowest BCUT2D eigenvalue weighted by atomic mass is 9.80. The highest BCUT2D eigenvalue weighted by atomic mass is 16.1. The summed E-state index contributed by atoms with van der Waals surface area (Å²) in [6.45, 7) is 3.63. The lowest BCUT2D eigenvalue weighted by Crippen LogP contribution is -2.21. The first-order valence-electron chi connectivity index (χ1n) is 12.7. The Kier molecular flexibility index (Phi) is 7.52. The second-order valence-electron chi connectivity index (χ2n) is 9.16.